The number of hydrogen-bond donors (Lipinski definition) is 1. The predicted molar refractivity (Wildman–Crippen MR) is 81.9 cm³/mol. The quantitative estimate of drug-likeness (QED) is 0.620. The molecule has 0 aliphatic carbocycles. The van der Waals surface area contributed by atoms with Crippen LogP contribution in [0.15, 0.2) is 0 Å². The van der Waals surface area contributed by atoms with Crippen molar-refractivity contribution in [2.75, 3.05) is 33.9 Å². The van der Waals surface area contributed by atoms with Gasteiger partial charge in [-0.05, 0) is 40.3 Å². The molecule has 0 spiro atoms. The van der Waals surface area contributed by atoms with Gasteiger partial charge in [0.05, 0.1) is 13.7 Å². The van der Waals surface area contributed by atoms with Gasteiger partial charge in [0.15, 0.2) is 0 Å². The zero-order valence-electron chi connectivity index (χ0n) is 14.2. The predicted octanol–water partition coefficient (Wildman–Crippen LogP) is 1.66. The fourth-order valence-electron chi connectivity index (χ4n) is 2.95. The Hall–Kier alpha value is -0.650. The molecule has 5 nitrogen and oxygen atoms in total. The molecule has 0 radical (unpaired) electrons. The largest absolute Gasteiger partial charge is 0.468 e. The summed E-state index contributed by atoms with van der Waals surface area (Å²) >= 11 is 0. The highest BCUT2D eigenvalue weighted by Crippen LogP contribution is 2.19. The van der Waals surface area contributed by atoms with Crippen LogP contribution in [0.4, 0.5) is 0 Å². The highest BCUT2D eigenvalue weighted by Gasteiger charge is 2.36. The van der Waals surface area contributed by atoms with Gasteiger partial charge in [0.2, 0.25) is 0 Å². The van der Waals surface area contributed by atoms with E-state index in [9.17, 15) is 4.79 Å². The van der Waals surface area contributed by atoms with Crippen LogP contribution in [0.1, 0.15) is 41.0 Å². The van der Waals surface area contributed by atoms with Crippen molar-refractivity contribution in [2.45, 2.75) is 58.7 Å². The standard InChI is InChI=1S/C15H32N2O3/c1-8-16-15(5,14(18)20-7)10-12(3)17(9-2)13(4)11-19-6/h12-13,16H,8-11H2,1-7H3. The first-order valence-corrected chi connectivity index (χ1v) is 7.44. The van der Waals surface area contributed by atoms with Crippen LogP contribution in [0.2, 0.25) is 0 Å². The van der Waals surface area contributed by atoms with Crippen molar-refractivity contribution in [3.05, 3.63) is 0 Å². The van der Waals surface area contributed by atoms with Gasteiger partial charge in [-0.3, -0.25) is 9.69 Å². The molecule has 0 aliphatic heterocycles. The van der Waals surface area contributed by atoms with E-state index in [1.54, 1.807) is 7.11 Å². The number of rotatable bonds is 10. The maximum Gasteiger partial charge on any atom is 0.325 e. The fraction of sp³-hybridized carbons (Fsp3) is 0.933. The Bertz CT molecular complexity index is 286. The van der Waals surface area contributed by atoms with Gasteiger partial charge < -0.3 is 14.8 Å². The molecular formula is C15H32N2O3. The number of methoxy groups -OCH3 is 2. The van der Waals surface area contributed by atoms with Crippen molar-refractivity contribution in [1.29, 1.82) is 0 Å². The van der Waals surface area contributed by atoms with Crippen LogP contribution in [-0.2, 0) is 14.3 Å². The molecule has 5 heteroatoms. The van der Waals surface area contributed by atoms with Gasteiger partial charge in [0, 0.05) is 19.2 Å². The molecule has 0 amide bonds. The first-order valence-electron chi connectivity index (χ1n) is 7.44. The Kier molecular flexibility index (Phi) is 9.01. The summed E-state index contributed by atoms with van der Waals surface area (Å²) in [6.45, 7) is 12.7. The topological polar surface area (TPSA) is 50.8 Å². The van der Waals surface area contributed by atoms with E-state index in [0.717, 1.165) is 13.1 Å². The summed E-state index contributed by atoms with van der Waals surface area (Å²) in [5.41, 5.74) is -0.650. The Balaban J connectivity index is 4.88. The number of esters is 1. The normalized spacial score (nSPS) is 17.6. The zero-order valence-corrected chi connectivity index (χ0v) is 14.2. The van der Waals surface area contributed by atoms with Crippen LogP contribution in [0.5, 0.6) is 0 Å². The van der Waals surface area contributed by atoms with E-state index in [1.807, 2.05) is 13.8 Å². The maximum atomic E-state index is 12.0. The molecule has 0 rings (SSSR count). The highest BCUT2D eigenvalue weighted by atomic mass is 16.5. The van der Waals surface area contributed by atoms with E-state index in [4.69, 9.17) is 9.47 Å². The third-order valence-electron chi connectivity index (χ3n) is 3.81. The van der Waals surface area contributed by atoms with Gasteiger partial charge in [0.25, 0.3) is 0 Å². The van der Waals surface area contributed by atoms with E-state index >= 15 is 0 Å². The first kappa shape index (κ1) is 19.4. The molecule has 120 valence electrons. The molecule has 0 bridgehead atoms. The Labute approximate surface area is 124 Å². The summed E-state index contributed by atoms with van der Waals surface area (Å²) < 4.78 is 10.2. The van der Waals surface area contributed by atoms with Crippen molar-refractivity contribution in [3.63, 3.8) is 0 Å². The number of nitrogens with zero attached hydrogens (tertiary/aromatic N) is 1. The Morgan fingerprint density at radius 1 is 1.25 bits per heavy atom. The second kappa shape index (κ2) is 9.32. The molecule has 0 saturated carbocycles. The number of likely N-dealkylation sites (N-methyl/N-ethyl adjacent to an activating group) is 2. The molecule has 0 saturated heterocycles. The lowest BCUT2D eigenvalue weighted by atomic mass is 9.92. The summed E-state index contributed by atoms with van der Waals surface area (Å²) in [6.07, 6.45) is 0.704. The van der Waals surface area contributed by atoms with Crippen molar-refractivity contribution < 1.29 is 14.3 Å². The summed E-state index contributed by atoms with van der Waals surface area (Å²) in [6, 6.07) is 0.580. The van der Waals surface area contributed by atoms with Crippen LogP contribution in [0, 0.1) is 0 Å². The summed E-state index contributed by atoms with van der Waals surface area (Å²) in [7, 11) is 3.15. The minimum atomic E-state index is -0.650. The molecule has 0 aromatic carbocycles. The maximum absolute atomic E-state index is 12.0. The zero-order chi connectivity index (χ0) is 15.8. The van der Waals surface area contributed by atoms with Gasteiger partial charge in [-0.15, -0.1) is 0 Å². The number of ether oxygens (including phenoxy) is 2. The average Bonchev–Trinajstić information content (AvgIpc) is 2.38. The number of hydrogen-bond acceptors (Lipinski definition) is 5. The lowest BCUT2D eigenvalue weighted by molar-refractivity contribution is -0.149. The summed E-state index contributed by atoms with van der Waals surface area (Å²) in [5, 5.41) is 3.26. The smallest absolute Gasteiger partial charge is 0.325 e. The molecule has 0 aromatic rings. The van der Waals surface area contributed by atoms with Crippen molar-refractivity contribution >= 4 is 5.97 Å². The number of carbonyl (C=O) groups excluding carboxylic acids is 1. The van der Waals surface area contributed by atoms with Crippen molar-refractivity contribution in [1.82, 2.24) is 10.2 Å². The highest BCUT2D eigenvalue weighted by molar-refractivity contribution is 5.80. The van der Waals surface area contributed by atoms with Gasteiger partial charge >= 0.3 is 5.97 Å². The molecule has 0 aromatic heterocycles. The minimum Gasteiger partial charge on any atom is -0.468 e. The molecular weight excluding hydrogens is 256 g/mol. The van der Waals surface area contributed by atoms with Gasteiger partial charge in [0.1, 0.15) is 5.54 Å². The number of nitrogens with one attached hydrogen (secondary N) is 1. The van der Waals surface area contributed by atoms with Crippen LogP contribution in [0.3, 0.4) is 0 Å². The van der Waals surface area contributed by atoms with Crippen molar-refractivity contribution in [3.8, 4) is 0 Å². The lowest BCUT2D eigenvalue weighted by Gasteiger charge is -2.38. The van der Waals surface area contributed by atoms with Gasteiger partial charge in [-0.2, -0.15) is 0 Å². The van der Waals surface area contributed by atoms with E-state index in [-0.39, 0.29) is 12.0 Å². The minimum absolute atomic E-state index is 0.207. The lowest BCUT2D eigenvalue weighted by Crippen LogP contribution is -2.55. The molecule has 0 aliphatic rings. The molecule has 20 heavy (non-hydrogen) atoms. The monoisotopic (exact) mass is 288 g/mol. The molecule has 1 N–H and O–H groups in total. The third-order valence-corrected chi connectivity index (χ3v) is 3.81. The fourth-order valence-corrected chi connectivity index (χ4v) is 2.95. The van der Waals surface area contributed by atoms with E-state index < -0.39 is 5.54 Å². The van der Waals surface area contributed by atoms with E-state index in [0.29, 0.717) is 19.1 Å². The molecule has 3 unspecified atom stereocenters. The van der Waals surface area contributed by atoms with Gasteiger partial charge in [-0.1, -0.05) is 13.8 Å². The molecule has 0 heterocycles. The average molecular weight is 288 g/mol. The van der Waals surface area contributed by atoms with Crippen LogP contribution in [-0.4, -0.2) is 62.4 Å². The molecule has 0 fully saturated rings. The van der Waals surface area contributed by atoms with E-state index in [2.05, 4.69) is 31.0 Å². The summed E-state index contributed by atoms with van der Waals surface area (Å²) in [5.74, 6) is -0.207. The molecule has 3 atom stereocenters. The van der Waals surface area contributed by atoms with Gasteiger partial charge in [-0.25, -0.2) is 0 Å². The second-order valence-electron chi connectivity index (χ2n) is 5.54. The van der Waals surface area contributed by atoms with Crippen LogP contribution >= 0.6 is 0 Å². The summed E-state index contributed by atoms with van der Waals surface area (Å²) in [4.78, 5) is 14.4. The first-order chi connectivity index (χ1) is 9.36. The Morgan fingerprint density at radius 2 is 1.85 bits per heavy atom. The SMILES string of the molecule is CCNC(C)(CC(C)N(CC)C(C)COC)C(=O)OC. The number of carbonyl (C=O) groups is 1. The Morgan fingerprint density at radius 3 is 2.25 bits per heavy atom. The van der Waals surface area contributed by atoms with Crippen LogP contribution < -0.4 is 5.32 Å². The second-order valence-corrected chi connectivity index (χ2v) is 5.54. The van der Waals surface area contributed by atoms with Crippen LogP contribution in [0.25, 0.3) is 0 Å². The van der Waals surface area contributed by atoms with E-state index in [1.165, 1.54) is 7.11 Å². The third kappa shape index (κ3) is 5.38. The van der Waals surface area contributed by atoms with Crippen molar-refractivity contribution in [2.24, 2.45) is 0 Å².